The van der Waals surface area contributed by atoms with E-state index in [9.17, 15) is 0 Å². The summed E-state index contributed by atoms with van der Waals surface area (Å²) in [6.07, 6.45) is 0. The van der Waals surface area contributed by atoms with Gasteiger partial charge in [-0.2, -0.15) is 0 Å². The summed E-state index contributed by atoms with van der Waals surface area (Å²) in [5.41, 5.74) is 16.3. The number of para-hydroxylation sites is 3. The lowest BCUT2D eigenvalue weighted by molar-refractivity contribution is 0.669. The SMILES string of the molecule is c1ccc(-c2ccc(N(c3cccc(-c4cccc(N(c5ccc6cc(-c7ccccc7)ccc6c5)c5cccc6c5oc5ccccc56)c4)c3)c3cccc4c3oc3cc5ccccc5cc34)cc2)cc1. The average Bonchev–Trinajstić information content (AvgIpc) is 4.02. The summed E-state index contributed by atoms with van der Waals surface area (Å²) in [5.74, 6) is 0. The van der Waals surface area contributed by atoms with Crippen molar-refractivity contribution in [3.8, 4) is 33.4 Å². The molecule has 0 amide bonds. The van der Waals surface area contributed by atoms with Crippen molar-refractivity contribution in [3.05, 3.63) is 267 Å². The van der Waals surface area contributed by atoms with Crippen LogP contribution in [0.1, 0.15) is 0 Å². The van der Waals surface area contributed by atoms with Gasteiger partial charge in [0.1, 0.15) is 11.2 Å². The van der Waals surface area contributed by atoms with Crippen LogP contribution in [0.2, 0.25) is 0 Å². The molecule has 0 saturated heterocycles. The fraction of sp³-hybridized carbons (Fsp3) is 0. The van der Waals surface area contributed by atoms with Gasteiger partial charge in [0.25, 0.3) is 0 Å². The van der Waals surface area contributed by atoms with Gasteiger partial charge in [0.15, 0.2) is 11.2 Å². The molecule has 0 aliphatic carbocycles. The van der Waals surface area contributed by atoms with E-state index in [1.807, 2.05) is 6.07 Å². The van der Waals surface area contributed by atoms with Gasteiger partial charge in [-0.3, -0.25) is 0 Å². The molecular weight excluding hydrogens is 877 g/mol. The highest BCUT2D eigenvalue weighted by Crippen LogP contribution is 2.46. The van der Waals surface area contributed by atoms with Crippen molar-refractivity contribution in [1.82, 2.24) is 0 Å². The van der Waals surface area contributed by atoms with Crippen molar-refractivity contribution >= 4 is 99.5 Å². The topological polar surface area (TPSA) is 32.8 Å². The van der Waals surface area contributed by atoms with Gasteiger partial charge in [0.05, 0.1) is 11.4 Å². The summed E-state index contributed by atoms with van der Waals surface area (Å²) in [5, 5.41) is 9.02. The first-order valence-electron chi connectivity index (χ1n) is 24.5. The molecule has 0 bridgehead atoms. The molecule has 0 fully saturated rings. The lowest BCUT2D eigenvalue weighted by Crippen LogP contribution is -2.11. The molecule has 12 aromatic carbocycles. The first kappa shape index (κ1) is 41.3. The summed E-state index contributed by atoms with van der Waals surface area (Å²) >= 11 is 0. The minimum atomic E-state index is 0.837. The van der Waals surface area contributed by atoms with E-state index in [1.54, 1.807) is 0 Å². The van der Waals surface area contributed by atoms with E-state index in [0.717, 1.165) is 105 Å². The average molecular weight is 921 g/mol. The summed E-state index contributed by atoms with van der Waals surface area (Å²) in [6, 6.07) is 95.3. The highest BCUT2D eigenvalue weighted by Gasteiger charge is 2.23. The van der Waals surface area contributed by atoms with E-state index in [1.165, 1.54) is 27.5 Å². The summed E-state index contributed by atoms with van der Waals surface area (Å²) in [6.45, 7) is 0. The van der Waals surface area contributed by atoms with Crippen molar-refractivity contribution in [2.24, 2.45) is 0 Å². The Morgan fingerprint density at radius 2 is 0.653 bits per heavy atom. The molecule has 14 aromatic rings. The fourth-order valence-corrected chi connectivity index (χ4v) is 10.7. The second-order valence-corrected chi connectivity index (χ2v) is 18.5. The van der Waals surface area contributed by atoms with Crippen molar-refractivity contribution in [2.75, 3.05) is 9.80 Å². The maximum absolute atomic E-state index is 6.90. The Hall–Kier alpha value is -9.64. The Kier molecular flexibility index (Phi) is 9.82. The third kappa shape index (κ3) is 7.16. The third-order valence-corrected chi connectivity index (χ3v) is 14.2. The number of anilines is 6. The third-order valence-electron chi connectivity index (χ3n) is 14.2. The molecule has 338 valence electrons. The molecule has 0 radical (unpaired) electrons. The molecule has 0 aliphatic heterocycles. The molecule has 0 atom stereocenters. The van der Waals surface area contributed by atoms with Crippen molar-refractivity contribution in [1.29, 1.82) is 0 Å². The van der Waals surface area contributed by atoms with E-state index in [-0.39, 0.29) is 0 Å². The molecule has 0 spiro atoms. The van der Waals surface area contributed by atoms with Gasteiger partial charge in [0, 0.05) is 44.3 Å². The molecule has 14 rings (SSSR count). The minimum Gasteiger partial charge on any atom is -0.454 e. The number of rotatable bonds is 9. The highest BCUT2D eigenvalue weighted by atomic mass is 16.3. The number of hydrogen-bond donors (Lipinski definition) is 0. The Labute approximate surface area is 416 Å². The van der Waals surface area contributed by atoms with Crippen molar-refractivity contribution in [2.45, 2.75) is 0 Å². The standard InChI is InChI=1S/C68H44N2O2/c1-3-15-45(16-4-1)47-33-36-55(37-34-47)69(63-28-14-27-61-62-43-50-19-7-8-20-51(50)44-66(62)72-68(61)63)56-23-11-21-48(40-56)49-22-12-24-57(41-49)70(64-29-13-26-60-59-25-9-10-30-65(59)71-67(60)64)58-38-35-53-39-52(31-32-54(53)42-58)46-17-5-2-6-18-46/h1-44H. The van der Waals surface area contributed by atoms with Crippen molar-refractivity contribution in [3.63, 3.8) is 0 Å². The Balaban J connectivity index is 0.915. The van der Waals surface area contributed by atoms with Crippen LogP contribution in [-0.4, -0.2) is 0 Å². The zero-order valence-electron chi connectivity index (χ0n) is 39.1. The molecule has 0 aliphatic rings. The number of nitrogens with zero attached hydrogens (tertiary/aromatic N) is 2. The van der Waals surface area contributed by atoms with Crippen LogP contribution < -0.4 is 9.80 Å². The monoisotopic (exact) mass is 920 g/mol. The molecular formula is C68H44N2O2. The highest BCUT2D eigenvalue weighted by molar-refractivity contribution is 6.14. The fourth-order valence-electron chi connectivity index (χ4n) is 10.7. The largest absolute Gasteiger partial charge is 0.454 e. The number of furan rings is 2. The first-order chi connectivity index (χ1) is 35.7. The zero-order valence-corrected chi connectivity index (χ0v) is 39.1. The van der Waals surface area contributed by atoms with Gasteiger partial charge in [-0.15, -0.1) is 0 Å². The van der Waals surface area contributed by atoms with E-state index < -0.39 is 0 Å². The van der Waals surface area contributed by atoms with Crippen LogP contribution in [0.25, 0.3) is 98.8 Å². The lowest BCUT2D eigenvalue weighted by atomic mass is 10.00. The molecule has 0 saturated carbocycles. The summed E-state index contributed by atoms with van der Waals surface area (Å²) in [4.78, 5) is 4.67. The van der Waals surface area contributed by atoms with Gasteiger partial charge in [-0.25, -0.2) is 0 Å². The molecule has 72 heavy (non-hydrogen) atoms. The second-order valence-electron chi connectivity index (χ2n) is 18.5. The van der Waals surface area contributed by atoms with Crippen molar-refractivity contribution < 1.29 is 8.83 Å². The Morgan fingerprint density at radius 3 is 1.35 bits per heavy atom. The summed E-state index contributed by atoms with van der Waals surface area (Å²) < 4.78 is 13.6. The predicted molar refractivity (Wildman–Crippen MR) is 302 cm³/mol. The smallest absolute Gasteiger partial charge is 0.159 e. The maximum Gasteiger partial charge on any atom is 0.159 e. The first-order valence-corrected chi connectivity index (χ1v) is 24.5. The van der Waals surface area contributed by atoms with E-state index in [4.69, 9.17) is 8.83 Å². The Bertz CT molecular complexity index is 4340. The lowest BCUT2D eigenvalue weighted by Gasteiger charge is -2.27. The quantitative estimate of drug-likeness (QED) is 0.144. The summed E-state index contributed by atoms with van der Waals surface area (Å²) in [7, 11) is 0. The van der Waals surface area contributed by atoms with Gasteiger partial charge in [-0.05, 0) is 140 Å². The molecule has 4 heteroatoms. The van der Waals surface area contributed by atoms with E-state index in [0.29, 0.717) is 0 Å². The van der Waals surface area contributed by atoms with Crippen LogP contribution in [0.5, 0.6) is 0 Å². The second kappa shape index (κ2) is 17.1. The van der Waals surface area contributed by atoms with Crippen LogP contribution >= 0.6 is 0 Å². The van der Waals surface area contributed by atoms with Crippen LogP contribution in [0.4, 0.5) is 34.1 Å². The Morgan fingerprint density at radius 1 is 0.222 bits per heavy atom. The molecule has 2 heterocycles. The number of benzene rings is 12. The molecule has 0 unspecified atom stereocenters. The van der Waals surface area contributed by atoms with Gasteiger partial charge in [-0.1, -0.05) is 182 Å². The van der Waals surface area contributed by atoms with Gasteiger partial charge < -0.3 is 18.6 Å². The predicted octanol–water partition coefficient (Wildman–Crippen LogP) is 19.7. The number of fused-ring (bicyclic) bond motifs is 8. The maximum atomic E-state index is 6.90. The van der Waals surface area contributed by atoms with Crippen LogP contribution in [0.3, 0.4) is 0 Å². The minimum absolute atomic E-state index is 0.837. The van der Waals surface area contributed by atoms with E-state index in [2.05, 4.69) is 271 Å². The van der Waals surface area contributed by atoms with Crippen LogP contribution in [-0.2, 0) is 0 Å². The van der Waals surface area contributed by atoms with Crippen LogP contribution in [0, 0.1) is 0 Å². The molecule has 2 aromatic heterocycles. The van der Waals surface area contributed by atoms with Gasteiger partial charge >= 0.3 is 0 Å². The van der Waals surface area contributed by atoms with Gasteiger partial charge in [0.2, 0.25) is 0 Å². The van der Waals surface area contributed by atoms with Crippen LogP contribution in [0.15, 0.2) is 276 Å². The molecule has 0 N–H and O–H groups in total. The zero-order chi connectivity index (χ0) is 47.5. The molecule has 4 nitrogen and oxygen atoms in total. The van der Waals surface area contributed by atoms with E-state index >= 15 is 0 Å². The normalized spacial score (nSPS) is 11.6. The number of hydrogen-bond acceptors (Lipinski definition) is 4.